The highest BCUT2D eigenvalue weighted by Gasteiger charge is 2.10. The van der Waals surface area contributed by atoms with E-state index in [0.29, 0.717) is 18.7 Å². The lowest BCUT2D eigenvalue weighted by Gasteiger charge is -2.07. The number of halogens is 3. The second-order valence-corrected chi connectivity index (χ2v) is 5.29. The third-order valence-electron chi connectivity index (χ3n) is 2.69. The summed E-state index contributed by atoms with van der Waals surface area (Å²) in [6.07, 6.45) is 0.636. The Bertz CT molecular complexity index is 655. The average Bonchev–Trinajstić information content (AvgIpc) is 2.96. The van der Waals surface area contributed by atoms with Crippen molar-refractivity contribution < 1.29 is 18.3 Å². The third kappa shape index (κ3) is 5.74. The first-order chi connectivity index (χ1) is 10.6. The lowest BCUT2D eigenvalue weighted by atomic mass is 10.3. The van der Waals surface area contributed by atoms with E-state index in [0.717, 1.165) is 17.1 Å². The lowest BCUT2D eigenvalue weighted by Crippen LogP contribution is -2.28. The van der Waals surface area contributed by atoms with E-state index in [2.05, 4.69) is 10.3 Å². The topological polar surface area (TPSA) is 77.2 Å². The molecule has 0 unspecified atom stereocenters. The number of nitrogens with two attached hydrogens (primary N) is 1. The molecular formula is C14H16ClF2N3O2S. The van der Waals surface area contributed by atoms with Gasteiger partial charge in [0.2, 0.25) is 0 Å². The molecule has 126 valence electrons. The van der Waals surface area contributed by atoms with Crippen LogP contribution in [0.25, 0.3) is 0 Å². The Morgan fingerprint density at radius 2 is 2.13 bits per heavy atom. The summed E-state index contributed by atoms with van der Waals surface area (Å²) in [5.41, 5.74) is 5.75. The molecule has 0 aliphatic rings. The van der Waals surface area contributed by atoms with Crippen LogP contribution in [0.5, 0.6) is 5.75 Å². The summed E-state index contributed by atoms with van der Waals surface area (Å²) in [7, 11) is 0. The van der Waals surface area contributed by atoms with Crippen LogP contribution in [0.15, 0.2) is 23.6 Å². The maximum absolute atomic E-state index is 13.0. The number of ether oxygens (including phenoxy) is 1. The van der Waals surface area contributed by atoms with Gasteiger partial charge in [0.1, 0.15) is 18.1 Å². The van der Waals surface area contributed by atoms with Crippen molar-refractivity contribution in [2.24, 2.45) is 5.73 Å². The lowest BCUT2D eigenvalue weighted by molar-refractivity contribution is 0.0942. The molecule has 0 atom stereocenters. The SMILES string of the molecule is Cl.NCCc1nc(C(=O)NCCOc2ccc(F)c(F)c2)cs1. The summed E-state index contributed by atoms with van der Waals surface area (Å²) in [6.45, 7) is 0.842. The molecule has 0 saturated heterocycles. The van der Waals surface area contributed by atoms with Crippen LogP contribution < -0.4 is 15.8 Å². The molecule has 9 heteroatoms. The Labute approximate surface area is 142 Å². The second kappa shape index (κ2) is 9.39. The van der Waals surface area contributed by atoms with Crippen molar-refractivity contribution in [2.45, 2.75) is 6.42 Å². The molecule has 0 aliphatic carbocycles. The molecule has 0 radical (unpaired) electrons. The smallest absolute Gasteiger partial charge is 0.270 e. The Morgan fingerprint density at radius 1 is 1.35 bits per heavy atom. The quantitative estimate of drug-likeness (QED) is 0.739. The molecule has 2 rings (SSSR count). The number of aromatic nitrogens is 1. The van der Waals surface area contributed by atoms with Crippen LogP contribution in [0.3, 0.4) is 0 Å². The summed E-state index contributed by atoms with van der Waals surface area (Å²) in [6, 6.07) is 3.26. The Balaban J connectivity index is 0.00000264. The average molecular weight is 364 g/mol. The molecule has 0 saturated carbocycles. The summed E-state index contributed by atoms with van der Waals surface area (Å²) < 4.78 is 30.9. The number of thiazole rings is 1. The first-order valence-corrected chi connectivity index (χ1v) is 7.48. The largest absolute Gasteiger partial charge is 0.492 e. The van der Waals surface area contributed by atoms with Crippen LogP contribution in [0.2, 0.25) is 0 Å². The predicted octanol–water partition coefficient (Wildman–Crippen LogP) is 2.15. The zero-order valence-electron chi connectivity index (χ0n) is 12.1. The van der Waals surface area contributed by atoms with Crippen molar-refractivity contribution in [1.29, 1.82) is 0 Å². The zero-order chi connectivity index (χ0) is 15.9. The number of nitrogens with zero attached hydrogens (tertiary/aromatic N) is 1. The van der Waals surface area contributed by atoms with Crippen LogP contribution in [0, 0.1) is 11.6 Å². The Kier molecular flexibility index (Phi) is 7.87. The fraction of sp³-hybridized carbons (Fsp3) is 0.286. The van der Waals surface area contributed by atoms with Gasteiger partial charge in [-0.25, -0.2) is 13.8 Å². The summed E-state index contributed by atoms with van der Waals surface area (Å²) >= 11 is 1.38. The second-order valence-electron chi connectivity index (χ2n) is 4.35. The van der Waals surface area contributed by atoms with Crippen molar-refractivity contribution in [3.05, 3.63) is 45.9 Å². The van der Waals surface area contributed by atoms with E-state index in [1.54, 1.807) is 5.38 Å². The minimum absolute atomic E-state index is 0. The van der Waals surface area contributed by atoms with Gasteiger partial charge in [-0.1, -0.05) is 0 Å². The van der Waals surface area contributed by atoms with Gasteiger partial charge in [0, 0.05) is 17.9 Å². The molecule has 1 amide bonds. The number of carbonyl (C=O) groups excluding carboxylic acids is 1. The van der Waals surface area contributed by atoms with Gasteiger partial charge in [0.05, 0.1) is 11.6 Å². The molecule has 1 aromatic heterocycles. The van der Waals surface area contributed by atoms with Crippen molar-refractivity contribution >= 4 is 29.7 Å². The van der Waals surface area contributed by atoms with E-state index in [1.165, 1.54) is 17.4 Å². The molecule has 0 bridgehead atoms. The number of nitrogens with one attached hydrogen (secondary N) is 1. The number of carbonyl (C=O) groups is 1. The number of benzene rings is 1. The van der Waals surface area contributed by atoms with Crippen LogP contribution >= 0.6 is 23.7 Å². The maximum Gasteiger partial charge on any atom is 0.270 e. The standard InChI is InChI=1S/C14H15F2N3O2S.ClH/c15-10-2-1-9(7-11(10)16)21-6-5-18-14(20)12-8-22-13(19-12)3-4-17;/h1-2,7-8H,3-6,17H2,(H,18,20);1H. The van der Waals surface area contributed by atoms with Crippen molar-refractivity contribution in [3.63, 3.8) is 0 Å². The number of rotatable bonds is 7. The van der Waals surface area contributed by atoms with E-state index in [4.69, 9.17) is 10.5 Å². The van der Waals surface area contributed by atoms with Gasteiger partial charge in [0.25, 0.3) is 5.91 Å². The Hall–Kier alpha value is -1.77. The van der Waals surface area contributed by atoms with Gasteiger partial charge in [0.15, 0.2) is 11.6 Å². The third-order valence-corrected chi connectivity index (χ3v) is 3.60. The maximum atomic E-state index is 13.0. The van der Waals surface area contributed by atoms with Crippen molar-refractivity contribution in [1.82, 2.24) is 10.3 Å². The van der Waals surface area contributed by atoms with Crippen LogP contribution in [-0.2, 0) is 6.42 Å². The van der Waals surface area contributed by atoms with Gasteiger partial charge in [-0.3, -0.25) is 4.79 Å². The van der Waals surface area contributed by atoms with Crippen LogP contribution in [0.1, 0.15) is 15.5 Å². The summed E-state index contributed by atoms with van der Waals surface area (Å²) in [4.78, 5) is 16.0. The molecule has 3 N–H and O–H groups in total. The van der Waals surface area contributed by atoms with Crippen LogP contribution in [0.4, 0.5) is 8.78 Å². The molecule has 5 nitrogen and oxygen atoms in total. The molecule has 1 heterocycles. The van der Waals surface area contributed by atoms with Gasteiger partial charge in [-0.2, -0.15) is 0 Å². The molecule has 0 fully saturated rings. The molecule has 0 spiro atoms. The minimum atomic E-state index is -0.976. The molecule has 0 aliphatic heterocycles. The van der Waals surface area contributed by atoms with E-state index in [-0.39, 0.29) is 37.2 Å². The zero-order valence-corrected chi connectivity index (χ0v) is 13.7. The fourth-order valence-electron chi connectivity index (χ4n) is 1.64. The molecular weight excluding hydrogens is 348 g/mol. The van der Waals surface area contributed by atoms with Gasteiger partial charge in [-0.05, 0) is 18.7 Å². The minimum Gasteiger partial charge on any atom is -0.492 e. The number of hydrogen-bond acceptors (Lipinski definition) is 5. The van der Waals surface area contributed by atoms with Crippen molar-refractivity contribution in [2.75, 3.05) is 19.7 Å². The normalized spacial score (nSPS) is 10.0. The molecule has 1 aromatic carbocycles. The van der Waals surface area contributed by atoms with E-state index in [9.17, 15) is 13.6 Å². The molecule has 2 aromatic rings. The first kappa shape index (κ1) is 19.3. The molecule has 23 heavy (non-hydrogen) atoms. The van der Waals surface area contributed by atoms with Crippen molar-refractivity contribution in [3.8, 4) is 5.75 Å². The highest BCUT2D eigenvalue weighted by atomic mass is 35.5. The van der Waals surface area contributed by atoms with E-state index >= 15 is 0 Å². The highest BCUT2D eigenvalue weighted by Crippen LogP contribution is 2.15. The van der Waals surface area contributed by atoms with Crippen LogP contribution in [-0.4, -0.2) is 30.6 Å². The number of hydrogen-bond donors (Lipinski definition) is 2. The highest BCUT2D eigenvalue weighted by molar-refractivity contribution is 7.09. The first-order valence-electron chi connectivity index (χ1n) is 6.60. The fourth-order valence-corrected chi connectivity index (χ4v) is 2.44. The van der Waals surface area contributed by atoms with E-state index < -0.39 is 11.6 Å². The number of amides is 1. The predicted molar refractivity (Wildman–Crippen MR) is 86.3 cm³/mol. The van der Waals surface area contributed by atoms with Gasteiger partial charge < -0.3 is 15.8 Å². The Morgan fingerprint density at radius 3 is 2.83 bits per heavy atom. The summed E-state index contributed by atoms with van der Waals surface area (Å²) in [5, 5.41) is 5.11. The van der Waals surface area contributed by atoms with Gasteiger partial charge >= 0.3 is 0 Å². The van der Waals surface area contributed by atoms with E-state index in [1.807, 2.05) is 0 Å². The van der Waals surface area contributed by atoms with Gasteiger partial charge in [-0.15, -0.1) is 23.7 Å². The monoisotopic (exact) mass is 363 g/mol. The summed E-state index contributed by atoms with van der Waals surface area (Å²) in [5.74, 6) is -2.02.